The highest BCUT2D eigenvalue weighted by Gasteiger charge is 2.27. The van der Waals surface area contributed by atoms with Crippen LogP contribution in [0.25, 0.3) is 0 Å². The molecule has 0 aromatic heterocycles. The number of aliphatic carboxylic acids is 1. The zero-order chi connectivity index (χ0) is 18.8. The number of carboxylic acids is 1. The van der Waals surface area contributed by atoms with E-state index in [-0.39, 0.29) is 0 Å². The largest absolute Gasteiger partial charge is 0.480 e. The molecule has 7 heteroatoms. The topological polar surface area (TPSA) is 105 Å². The summed E-state index contributed by atoms with van der Waals surface area (Å²) in [5.74, 6) is -1.55. The summed E-state index contributed by atoms with van der Waals surface area (Å²) in [6, 6.07) is -1.75. The van der Waals surface area contributed by atoms with Gasteiger partial charge < -0.3 is 20.5 Å². The van der Waals surface area contributed by atoms with E-state index in [0.29, 0.717) is 19.3 Å². The molecule has 0 saturated carbocycles. The second-order valence-corrected chi connectivity index (χ2v) is 6.88. The lowest BCUT2D eigenvalue weighted by atomic mass is 10.1. The van der Waals surface area contributed by atoms with Gasteiger partial charge in [-0.15, -0.1) is 0 Å². The first-order valence-electron chi connectivity index (χ1n) is 8.63. The monoisotopic (exact) mass is 344 g/mol. The van der Waals surface area contributed by atoms with Gasteiger partial charge in [-0.3, -0.25) is 4.79 Å². The second kappa shape index (κ2) is 10.9. The Bertz CT molecular complexity index is 418. The van der Waals surface area contributed by atoms with E-state index in [1.807, 2.05) is 13.8 Å². The Morgan fingerprint density at radius 2 is 1.46 bits per heavy atom. The van der Waals surface area contributed by atoms with Crippen LogP contribution < -0.4 is 10.6 Å². The Kier molecular flexibility index (Phi) is 10.1. The van der Waals surface area contributed by atoms with Gasteiger partial charge in [0.1, 0.15) is 17.7 Å². The van der Waals surface area contributed by atoms with Crippen LogP contribution in [-0.4, -0.2) is 40.8 Å². The zero-order valence-corrected chi connectivity index (χ0v) is 15.5. The Labute approximate surface area is 144 Å². The number of hydrogen-bond donors (Lipinski definition) is 3. The van der Waals surface area contributed by atoms with Crippen molar-refractivity contribution >= 4 is 18.0 Å². The second-order valence-electron chi connectivity index (χ2n) is 6.88. The van der Waals surface area contributed by atoms with Crippen molar-refractivity contribution in [1.29, 1.82) is 0 Å². The summed E-state index contributed by atoms with van der Waals surface area (Å²) in [6.45, 7) is 9.13. The standard InChI is InChI=1S/C17H32N2O5/c1-6-8-10-12(19-16(23)24-17(3,4)5)14(20)18-13(15(21)22)11-9-7-2/h12-13H,6-11H2,1-5H3,(H,18,20)(H,19,23)(H,21,22)/t12-,13-/m0/s1. The molecule has 0 aromatic rings. The quantitative estimate of drug-likeness (QED) is 0.565. The molecule has 0 radical (unpaired) electrons. The Hall–Kier alpha value is -1.79. The number of carboxylic acid groups (broad SMARTS) is 1. The van der Waals surface area contributed by atoms with Gasteiger partial charge in [-0.2, -0.15) is 0 Å². The van der Waals surface area contributed by atoms with Crippen molar-refractivity contribution in [1.82, 2.24) is 10.6 Å². The van der Waals surface area contributed by atoms with Crippen molar-refractivity contribution in [2.45, 2.75) is 90.8 Å². The number of unbranched alkanes of at least 4 members (excludes halogenated alkanes) is 2. The highest BCUT2D eigenvalue weighted by Crippen LogP contribution is 2.09. The van der Waals surface area contributed by atoms with Crippen LogP contribution in [-0.2, 0) is 14.3 Å². The minimum atomic E-state index is -1.07. The third-order valence-corrected chi connectivity index (χ3v) is 3.31. The summed E-state index contributed by atoms with van der Waals surface area (Å²) in [5, 5.41) is 14.3. The van der Waals surface area contributed by atoms with Crippen molar-refractivity contribution in [3.05, 3.63) is 0 Å². The first-order valence-corrected chi connectivity index (χ1v) is 8.63. The molecule has 0 fully saturated rings. The van der Waals surface area contributed by atoms with E-state index in [1.165, 1.54) is 0 Å². The predicted molar refractivity (Wildman–Crippen MR) is 91.8 cm³/mol. The molecule has 3 N–H and O–H groups in total. The number of ether oxygens (including phenoxy) is 1. The number of hydrogen-bond acceptors (Lipinski definition) is 4. The van der Waals surface area contributed by atoms with Crippen LogP contribution in [0.5, 0.6) is 0 Å². The average molecular weight is 344 g/mol. The Morgan fingerprint density at radius 1 is 0.958 bits per heavy atom. The minimum absolute atomic E-state index is 0.366. The van der Waals surface area contributed by atoms with E-state index in [9.17, 15) is 19.5 Å². The van der Waals surface area contributed by atoms with E-state index in [0.717, 1.165) is 19.3 Å². The Morgan fingerprint density at radius 3 is 1.88 bits per heavy atom. The number of rotatable bonds is 10. The van der Waals surface area contributed by atoms with E-state index >= 15 is 0 Å². The number of alkyl carbamates (subject to hydrolysis) is 1. The van der Waals surface area contributed by atoms with Gasteiger partial charge in [-0.05, 0) is 33.6 Å². The zero-order valence-electron chi connectivity index (χ0n) is 15.5. The summed E-state index contributed by atoms with van der Waals surface area (Å²) in [6.07, 6.45) is 3.26. The molecule has 0 unspecified atom stereocenters. The Balaban J connectivity index is 4.84. The number of nitrogens with one attached hydrogen (secondary N) is 2. The van der Waals surface area contributed by atoms with E-state index in [1.54, 1.807) is 20.8 Å². The van der Waals surface area contributed by atoms with Gasteiger partial charge in [-0.1, -0.05) is 39.5 Å². The van der Waals surface area contributed by atoms with Crippen LogP contribution in [0.2, 0.25) is 0 Å². The molecule has 7 nitrogen and oxygen atoms in total. The summed E-state index contributed by atoms with van der Waals surface area (Å²) in [7, 11) is 0. The van der Waals surface area contributed by atoms with Gasteiger partial charge in [0.15, 0.2) is 0 Å². The lowest BCUT2D eigenvalue weighted by Gasteiger charge is -2.24. The fourth-order valence-corrected chi connectivity index (χ4v) is 2.06. The molecular weight excluding hydrogens is 312 g/mol. The summed E-state index contributed by atoms with van der Waals surface area (Å²) < 4.78 is 5.17. The molecule has 0 saturated heterocycles. The van der Waals surface area contributed by atoms with Crippen LogP contribution in [0, 0.1) is 0 Å². The number of carbonyl (C=O) groups excluding carboxylic acids is 2. The van der Waals surface area contributed by atoms with Crippen molar-refractivity contribution in [3.63, 3.8) is 0 Å². The lowest BCUT2D eigenvalue weighted by molar-refractivity contribution is -0.142. The van der Waals surface area contributed by atoms with Gasteiger partial charge in [0.2, 0.25) is 5.91 Å². The maximum absolute atomic E-state index is 12.4. The molecule has 0 aliphatic carbocycles. The fraction of sp³-hybridized carbons (Fsp3) is 0.824. The van der Waals surface area contributed by atoms with Crippen molar-refractivity contribution in [2.75, 3.05) is 0 Å². The number of amides is 2. The molecule has 0 bridgehead atoms. The third-order valence-electron chi connectivity index (χ3n) is 3.31. The van der Waals surface area contributed by atoms with Crippen molar-refractivity contribution in [2.24, 2.45) is 0 Å². The van der Waals surface area contributed by atoms with Gasteiger partial charge >= 0.3 is 12.1 Å². The molecule has 140 valence electrons. The SMILES string of the molecule is CCCC[C@H](NC(=O)[C@H](CCCC)NC(=O)OC(C)(C)C)C(=O)O. The molecule has 2 amide bonds. The molecule has 2 atom stereocenters. The first-order chi connectivity index (χ1) is 11.1. The molecule has 24 heavy (non-hydrogen) atoms. The molecule has 0 aliphatic heterocycles. The number of carbonyl (C=O) groups is 3. The van der Waals surface area contributed by atoms with Crippen LogP contribution in [0.1, 0.15) is 73.1 Å². The first kappa shape index (κ1) is 22.2. The third kappa shape index (κ3) is 10.1. The van der Waals surface area contributed by atoms with E-state index in [4.69, 9.17) is 4.74 Å². The van der Waals surface area contributed by atoms with Crippen LogP contribution in [0.3, 0.4) is 0 Å². The molecule has 0 aliphatic rings. The van der Waals surface area contributed by atoms with Crippen molar-refractivity contribution < 1.29 is 24.2 Å². The van der Waals surface area contributed by atoms with Crippen molar-refractivity contribution in [3.8, 4) is 0 Å². The molecule has 0 aromatic carbocycles. The predicted octanol–water partition coefficient (Wildman–Crippen LogP) is 2.83. The minimum Gasteiger partial charge on any atom is -0.480 e. The molecule has 0 rings (SSSR count). The van der Waals surface area contributed by atoms with Crippen LogP contribution in [0.4, 0.5) is 4.79 Å². The average Bonchev–Trinajstić information content (AvgIpc) is 2.45. The van der Waals surface area contributed by atoms with Gasteiger partial charge in [0.05, 0.1) is 0 Å². The highest BCUT2D eigenvalue weighted by molar-refractivity contribution is 5.89. The van der Waals surface area contributed by atoms with Gasteiger partial charge in [0.25, 0.3) is 0 Å². The molecular formula is C17H32N2O5. The summed E-state index contributed by atoms with van der Waals surface area (Å²) in [5.41, 5.74) is -0.666. The van der Waals surface area contributed by atoms with Gasteiger partial charge in [-0.25, -0.2) is 9.59 Å². The fourth-order valence-electron chi connectivity index (χ4n) is 2.06. The molecule has 0 heterocycles. The summed E-state index contributed by atoms with van der Waals surface area (Å²) in [4.78, 5) is 35.5. The van der Waals surface area contributed by atoms with Crippen LogP contribution in [0.15, 0.2) is 0 Å². The van der Waals surface area contributed by atoms with Gasteiger partial charge in [0, 0.05) is 0 Å². The normalized spacial score (nSPS) is 13.7. The maximum atomic E-state index is 12.4. The van der Waals surface area contributed by atoms with E-state index in [2.05, 4.69) is 10.6 Å². The van der Waals surface area contributed by atoms with E-state index < -0.39 is 35.7 Å². The van der Waals surface area contributed by atoms with Crippen LogP contribution >= 0.6 is 0 Å². The molecule has 0 spiro atoms. The summed E-state index contributed by atoms with van der Waals surface area (Å²) >= 11 is 0. The maximum Gasteiger partial charge on any atom is 0.408 e. The lowest BCUT2D eigenvalue weighted by Crippen LogP contribution is -2.52. The smallest absolute Gasteiger partial charge is 0.408 e. The highest BCUT2D eigenvalue weighted by atomic mass is 16.6.